The predicted octanol–water partition coefficient (Wildman–Crippen LogP) is 1.50. The number of carbonyl (C=O) groups excluding carboxylic acids is 2. The first kappa shape index (κ1) is 14.5. The van der Waals surface area contributed by atoms with Crippen molar-refractivity contribution in [2.75, 3.05) is 12.4 Å². The Morgan fingerprint density at radius 1 is 1.35 bits per heavy atom. The minimum absolute atomic E-state index is 0.112. The lowest BCUT2D eigenvalue weighted by molar-refractivity contribution is -0.125. The highest BCUT2D eigenvalue weighted by atomic mass is 16.2. The third-order valence-electron chi connectivity index (χ3n) is 4.20. The average Bonchev–Trinajstić information content (AvgIpc) is 2.80. The fraction of sp³-hybridized carbons (Fsp3) is 0.467. The molecule has 1 aliphatic rings. The molecule has 108 valence electrons. The van der Waals surface area contributed by atoms with Crippen molar-refractivity contribution in [1.29, 1.82) is 0 Å². The number of para-hydroxylation sites is 1. The molecule has 20 heavy (non-hydrogen) atoms. The van der Waals surface area contributed by atoms with Gasteiger partial charge in [0.25, 0.3) is 5.91 Å². The second kappa shape index (κ2) is 5.63. The molecule has 5 heteroatoms. The minimum Gasteiger partial charge on any atom is -0.355 e. The van der Waals surface area contributed by atoms with E-state index in [0.29, 0.717) is 11.3 Å². The van der Waals surface area contributed by atoms with Gasteiger partial charge in [-0.1, -0.05) is 18.6 Å². The van der Waals surface area contributed by atoms with Crippen LogP contribution >= 0.6 is 0 Å². The predicted molar refractivity (Wildman–Crippen MR) is 78.4 cm³/mol. The van der Waals surface area contributed by atoms with Crippen LogP contribution in [0.15, 0.2) is 24.3 Å². The molecule has 5 nitrogen and oxygen atoms in total. The van der Waals surface area contributed by atoms with E-state index in [9.17, 15) is 9.59 Å². The third-order valence-corrected chi connectivity index (χ3v) is 4.20. The van der Waals surface area contributed by atoms with Crippen molar-refractivity contribution in [3.8, 4) is 0 Å². The summed E-state index contributed by atoms with van der Waals surface area (Å²) < 4.78 is 0. The number of hydrogen-bond donors (Lipinski definition) is 3. The highest BCUT2D eigenvalue weighted by Crippen LogP contribution is 2.37. The average molecular weight is 275 g/mol. The van der Waals surface area contributed by atoms with Gasteiger partial charge in [0.1, 0.15) is 0 Å². The summed E-state index contributed by atoms with van der Waals surface area (Å²) in [6.07, 6.45) is 2.60. The van der Waals surface area contributed by atoms with Crippen molar-refractivity contribution in [3.05, 3.63) is 29.8 Å². The molecule has 2 rings (SSSR count). The third kappa shape index (κ3) is 2.54. The lowest BCUT2D eigenvalue weighted by Crippen LogP contribution is -2.44. The zero-order valence-electron chi connectivity index (χ0n) is 11.9. The Morgan fingerprint density at radius 3 is 2.65 bits per heavy atom. The van der Waals surface area contributed by atoms with Crippen molar-refractivity contribution in [1.82, 2.24) is 5.32 Å². The van der Waals surface area contributed by atoms with Gasteiger partial charge in [0, 0.05) is 13.1 Å². The fourth-order valence-corrected chi connectivity index (χ4v) is 2.66. The maximum Gasteiger partial charge on any atom is 0.253 e. The molecule has 0 saturated heterocycles. The van der Waals surface area contributed by atoms with E-state index in [1.54, 1.807) is 31.3 Å². The smallest absolute Gasteiger partial charge is 0.253 e. The van der Waals surface area contributed by atoms with Crippen molar-refractivity contribution >= 4 is 17.5 Å². The highest BCUT2D eigenvalue weighted by Gasteiger charge is 2.43. The number of hydrogen-bond acceptors (Lipinski definition) is 3. The molecule has 2 atom stereocenters. The molecule has 1 saturated carbocycles. The van der Waals surface area contributed by atoms with Gasteiger partial charge in [0.2, 0.25) is 5.91 Å². The van der Waals surface area contributed by atoms with Gasteiger partial charge in [0.05, 0.1) is 16.7 Å². The van der Waals surface area contributed by atoms with Crippen LogP contribution in [0.5, 0.6) is 0 Å². The SMILES string of the molecule is CNC(=O)c1ccccc1NC(=O)C1(C)CCCC1N. The van der Waals surface area contributed by atoms with E-state index in [2.05, 4.69) is 10.6 Å². The Morgan fingerprint density at radius 2 is 2.05 bits per heavy atom. The van der Waals surface area contributed by atoms with Gasteiger partial charge in [-0.25, -0.2) is 0 Å². The van der Waals surface area contributed by atoms with Crippen LogP contribution in [0.2, 0.25) is 0 Å². The zero-order chi connectivity index (χ0) is 14.8. The highest BCUT2D eigenvalue weighted by molar-refractivity contribution is 6.05. The monoisotopic (exact) mass is 275 g/mol. The van der Waals surface area contributed by atoms with Gasteiger partial charge in [0.15, 0.2) is 0 Å². The Bertz CT molecular complexity index is 530. The van der Waals surface area contributed by atoms with E-state index in [1.807, 2.05) is 6.92 Å². The summed E-state index contributed by atoms with van der Waals surface area (Å²) in [4.78, 5) is 24.3. The van der Waals surface area contributed by atoms with E-state index in [4.69, 9.17) is 5.73 Å². The first-order valence-electron chi connectivity index (χ1n) is 6.87. The molecule has 2 amide bonds. The summed E-state index contributed by atoms with van der Waals surface area (Å²) in [5.74, 6) is -0.333. The Hall–Kier alpha value is -1.88. The quantitative estimate of drug-likeness (QED) is 0.781. The summed E-state index contributed by atoms with van der Waals surface area (Å²) in [6, 6.07) is 6.84. The molecule has 0 radical (unpaired) electrons. The Labute approximate surface area is 118 Å². The molecule has 0 heterocycles. The Balaban J connectivity index is 2.22. The van der Waals surface area contributed by atoms with Crippen LogP contribution < -0.4 is 16.4 Å². The molecule has 0 aliphatic heterocycles. The van der Waals surface area contributed by atoms with Gasteiger partial charge in [-0.3, -0.25) is 9.59 Å². The number of anilines is 1. The number of nitrogens with two attached hydrogens (primary N) is 1. The van der Waals surface area contributed by atoms with E-state index >= 15 is 0 Å². The summed E-state index contributed by atoms with van der Waals surface area (Å²) in [7, 11) is 1.56. The van der Waals surface area contributed by atoms with Crippen molar-refractivity contribution in [2.45, 2.75) is 32.2 Å². The second-order valence-corrected chi connectivity index (χ2v) is 5.50. The lowest BCUT2D eigenvalue weighted by atomic mass is 9.84. The molecule has 4 N–H and O–H groups in total. The van der Waals surface area contributed by atoms with Gasteiger partial charge in [-0.15, -0.1) is 0 Å². The van der Waals surface area contributed by atoms with E-state index in [1.165, 1.54) is 0 Å². The maximum atomic E-state index is 12.5. The standard InChI is InChI=1S/C15H21N3O2/c1-15(9-5-8-12(15)16)14(20)18-11-7-4-3-6-10(11)13(19)17-2/h3-4,6-7,12H,5,8-9,16H2,1-2H3,(H,17,19)(H,18,20). The second-order valence-electron chi connectivity index (χ2n) is 5.50. The van der Waals surface area contributed by atoms with Crippen molar-refractivity contribution < 1.29 is 9.59 Å². The van der Waals surface area contributed by atoms with Crippen LogP contribution in [0.25, 0.3) is 0 Å². The summed E-state index contributed by atoms with van der Waals surface area (Å²) >= 11 is 0. The number of carbonyl (C=O) groups is 2. The van der Waals surface area contributed by atoms with Gasteiger partial charge in [-0.2, -0.15) is 0 Å². The maximum absolute atomic E-state index is 12.5. The zero-order valence-corrected chi connectivity index (χ0v) is 11.9. The molecule has 1 fully saturated rings. The molecular weight excluding hydrogens is 254 g/mol. The number of nitrogens with one attached hydrogen (secondary N) is 2. The van der Waals surface area contributed by atoms with Crippen LogP contribution in [-0.4, -0.2) is 24.9 Å². The van der Waals surface area contributed by atoms with E-state index in [-0.39, 0.29) is 17.9 Å². The molecule has 2 unspecified atom stereocenters. The normalized spacial score (nSPS) is 25.2. The van der Waals surface area contributed by atoms with Crippen LogP contribution in [0.3, 0.4) is 0 Å². The van der Waals surface area contributed by atoms with Crippen LogP contribution in [-0.2, 0) is 4.79 Å². The van der Waals surface area contributed by atoms with E-state index < -0.39 is 5.41 Å². The number of benzene rings is 1. The van der Waals surface area contributed by atoms with Gasteiger partial charge >= 0.3 is 0 Å². The largest absolute Gasteiger partial charge is 0.355 e. The molecule has 1 aromatic carbocycles. The van der Waals surface area contributed by atoms with Crippen LogP contribution in [0, 0.1) is 5.41 Å². The fourth-order valence-electron chi connectivity index (χ4n) is 2.66. The van der Waals surface area contributed by atoms with E-state index in [0.717, 1.165) is 19.3 Å². The van der Waals surface area contributed by atoms with Crippen LogP contribution in [0.1, 0.15) is 36.5 Å². The van der Waals surface area contributed by atoms with Gasteiger partial charge in [-0.05, 0) is 31.9 Å². The first-order chi connectivity index (χ1) is 9.49. The molecule has 0 spiro atoms. The summed E-state index contributed by atoms with van der Waals surface area (Å²) in [6.45, 7) is 1.89. The Kier molecular flexibility index (Phi) is 4.09. The molecular formula is C15H21N3O2. The molecule has 0 bridgehead atoms. The minimum atomic E-state index is -0.560. The number of amides is 2. The molecule has 1 aromatic rings. The summed E-state index contributed by atoms with van der Waals surface area (Å²) in [5.41, 5.74) is 6.47. The van der Waals surface area contributed by atoms with Crippen LogP contribution in [0.4, 0.5) is 5.69 Å². The molecule has 1 aliphatic carbocycles. The van der Waals surface area contributed by atoms with Crippen molar-refractivity contribution in [3.63, 3.8) is 0 Å². The lowest BCUT2D eigenvalue weighted by Gasteiger charge is -2.27. The van der Waals surface area contributed by atoms with Crippen molar-refractivity contribution in [2.24, 2.45) is 11.1 Å². The molecule has 0 aromatic heterocycles. The summed E-state index contributed by atoms with van der Waals surface area (Å²) in [5, 5.41) is 5.43. The number of rotatable bonds is 3. The van der Waals surface area contributed by atoms with Gasteiger partial charge < -0.3 is 16.4 Å². The first-order valence-corrected chi connectivity index (χ1v) is 6.87. The topological polar surface area (TPSA) is 84.2 Å².